The van der Waals surface area contributed by atoms with Crippen LogP contribution in [0.15, 0.2) is 36.5 Å². The van der Waals surface area contributed by atoms with E-state index >= 15 is 0 Å². The Bertz CT molecular complexity index is 1310. The van der Waals surface area contributed by atoms with Gasteiger partial charge in [-0.15, -0.1) is 0 Å². The predicted molar refractivity (Wildman–Crippen MR) is 141 cm³/mol. The number of amides is 1. The number of morpholine rings is 2. The molecule has 13 heteroatoms. The Morgan fingerprint density at radius 1 is 1.05 bits per heavy atom. The van der Waals surface area contributed by atoms with Crippen LogP contribution in [-0.2, 0) is 23.7 Å². The van der Waals surface area contributed by atoms with Gasteiger partial charge in [0.25, 0.3) is 0 Å². The number of H-pyrrole nitrogens is 1. The molecule has 3 aromatic rings. The van der Waals surface area contributed by atoms with E-state index in [-0.39, 0.29) is 11.9 Å². The summed E-state index contributed by atoms with van der Waals surface area (Å²) in [5.41, 5.74) is 5.34. The van der Waals surface area contributed by atoms with E-state index in [0.29, 0.717) is 80.5 Å². The van der Waals surface area contributed by atoms with E-state index in [1.807, 2.05) is 11.9 Å². The summed E-state index contributed by atoms with van der Waals surface area (Å²) < 4.78 is 37.4. The number of nitrogens with zero attached hydrogens (tertiary/aromatic N) is 5. The lowest BCUT2D eigenvalue weighted by Crippen LogP contribution is -2.54. The van der Waals surface area contributed by atoms with Crippen molar-refractivity contribution in [1.82, 2.24) is 29.8 Å². The van der Waals surface area contributed by atoms with Gasteiger partial charge >= 0.3 is 0 Å². The van der Waals surface area contributed by atoms with Gasteiger partial charge in [-0.3, -0.25) is 10.2 Å². The van der Waals surface area contributed by atoms with E-state index in [0.717, 1.165) is 19.5 Å². The van der Waals surface area contributed by atoms with Gasteiger partial charge in [-0.2, -0.15) is 0 Å². The Morgan fingerprint density at radius 3 is 2.58 bits per heavy atom. The minimum absolute atomic E-state index is 0.201. The Labute approximate surface area is 230 Å². The second-order valence-electron chi connectivity index (χ2n) is 10.4. The van der Waals surface area contributed by atoms with Crippen LogP contribution in [0.5, 0.6) is 0 Å². The molecule has 1 amide bonds. The van der Waals surface area contributed by atoms with Crippen molar-refractivity contribution in [3.8, 4) is 22.6 Å². The number of carbonyl (C=O) groups excluding carboxylic acids is 1. The van der Waals surface area contributed by atoms with Gasteiger partial charge in [-0.25, -0.2) is 24.4 Å². The van der Waals surface area contributed by atoms with Crippen LogP contribution in [0.25, 0.3) is 22.6 Å². The van der Waals surface area contributed by atoms with Crippen LogP contribution in [0.1, 0.15) is 19.0 Å². The van der Waals surface area contributed by atoms with E-state index in [4.69, 9.17) is 28.9 Å². The lowest BCUT2D eigenvalue weighted by molar-refractivity contribution is -0.261. The van der Waals surface area contributed by atoms with Gasteiger partial charge in [0.2, 0.25) is 18.6 Å². The number of hydrazine groups is 1. The molecule has 12 nitrogen and oxygen atoms in total. The molecule has 0 spiro atoms. The van der Waals surface area contributed by atoms with E-state index in [1.54, 1.807) is 29.3 Å². The van der Waals surface area contributed by atoms with Crippen molar-refractivity contribution in [2.75, 3.05) is 64.6 Å². The molecular weight excluding hydrogens is 521 g/mol. The van der Waals surface area contributed by atoms with Gasteiger partial charge in [0.1, 0.15) is 5.82 Å². The molecule has 2 N–H and O–H groups in total. The zero-order valence-corrected chi connectivity index (χ0v) is 22.2. The number of halogens is 1. The zero-order chi connectivity index (χ0) is 27.5. The molecule has 0 bridgehead atoms. The highest BCUT2D eigenvalue weighted by molar-refractivity contribution is 5.77. The summed E-state index contributed by atoms with van der Waals surface area (Å²) in [5, 5.41) is 2.01. The lowest BCUT2D eigenvalue weighted by atomic mass is 9.84. The molecule has 1 aromatic carbocycles. The summed E-state index contributed by atoms with van der Waals surface area (Å²) in [6, 6.07) is 7.92. The summed E-state index contributed by atoms with van der Waals surface area (Å²) in [7, 11) is 0. The molecule has 40 heavy (non-hydrogen) atoms. The maximum absolute atomic E-state index is 13.7. The molecule has 3 fully saturated rings. The average Bonchev–Trinajstić information content (AvgIpc) is 3.44. The number of anilines is 1. The predicted octanol–water partition coefficient (Wildman–Crippen LogP) is 2.24. The topological polar surface area (TPSA) is 127 Å². The van der Waals surface area contributed by atoms with Gasteiger partial charge in [0.15, 0.2) is 5.82 Å². The van der Waals surface area contributed by atoms with Crippen LogP contribution < -0.4 is 5.43 Å². The van der Waals surface area contributed by atoms with Crippen LogP contribution >= 0.6 is 0 Å². The fraction of sp³-hybridized carbons (Fsp3) is 0.481. The first-order valence-corrected chi connectivity index (χ1v) is 13.3. The van der Waals surface area contributed by atoms with Crippen molar-refractivity contribution in [3.63, 3.8) is 0 Å². The molecule has 212 valence electrons. The molecule has 0 radical (unpaired) electrons. The van der Waals surface area contributed by atoms with E-state index in [2.05, 4.69) is 15.4 Å². The van der Waals surface area contributed by atoms with Crippen molar-refractivity contribution in [2.24, 2.45) is 5.41 Å². The third-order valence-electron chi connectivity index (χ3n) is 7.40. The highest BCUT2D eigenvalue weighted by Crippen LogP contribution is 2.38. The first-order valence-electron chi connectivity index (χ1n) is 13.3. The number of hydrogen-bond acceptors (Lipinski definition) is 10. The van der Waals surface area contributed by atoms with Crippen LogP contribution in [0.3, 0.4) is 0 Å². The molecule has 1 unspecified atom stereocenters. The normalized spacial score (nSPS) is 26.0. The summed E-state index contributed by atoms with van der Waals surface area (Å²) in [6.07, 6.45) is 1.57. The van der Waals surface area contributed by atoms with Crippen molar-refractivity contribution in [2.45, 2.75) is 19.3 Å². The lowest BCUT2D eigenvalue weighted by Gasteiger charge is -2.45. The van der Waals surface area contributed by atoms with Crippen molar-refractivity contribution >= 4 is 12.4 Å². The van der Waals surface area contributed by atoms with Crippen LogP contribution in [0.4, 0.5) is 10.3 Å². The molecule has 1 atom stereocenters. The minimum Gasteiger partial charge on any atom is -0.379 e. The fourth-order valence-electron chi connectivity index (χ4n) is 5.03. The average molecular weight is 554 g/mol. The largest absolute Gasteiger partial charge is 0.379 e. The van der Waals surface area contributed by atoms with Gasteiger partial charge < -0.3 is 28.8 Å². The van der Waals surface area contributed by atoms with Crippen LogP contribution in [0, 0.1) is 11.2 Å². The molecule has 6 rings (SSSR count). The first-order chi connectivity index (χ1) is 19.5. The summed E-state index contributed by atoms with van der Waals surface area (Å²) in [4.78, 5) is 30.2. The molecule has 3 saturated heterocycles. The smallest absolute Gasteiger partial charge is 0.238 e. The van der Waals surface area contributed by atoms with Gasteiger partial charge in [0.05, 0.1) is 56.2 Å². The first kappa shape index (κ1) is 26.7. The van der Waals surface area contributed by atoms with Gasteiger partial charge in [-0.1, -0.05) is 6.92 Å². The SMILES string of the molecule is CC1(C2CN(C=O)CCO2)COC(c2nc(-c3ccc(F)cc3)c(-c3ccnc(NN4CCOCC4)n3)[nH]2)OC1. The summed E-state index contributed by atoms with van der Waals surface area (Å²) in [6.45, 7) is 7.00. The van der Waals surface area contributed by atoms with E-state index in [1.165, 1.54) is 12.1 Å². The molecule has 5 heterocycles. The number of aromatic amines is 1. The maximum atomic E-state index is 13.7. The highest BCUT2D eigenvalue weighted by atomic mass is 19.1. The zero-order valence-electron chi connectivity index (χ0n) is 22.2. The van der Waals surface area contributed by atoms with E-state index in [9.17, 15) is 9.18 Å². The number of hydrogen-bond donors (Lipinski definition) is 2. The number of nitrogens with one attached hydrogen (secondary N) is 2. The molecule has 3 aliphatic heterocycles. The minimum atomic E-state index is -0.750. The second kappa shape index (κ2) is 11.6. The number of imidazole rings is 1. The maximum Gasteiger partial charge on any atom is 0.238 e. The van der Waals surface area contributed by atoms with Crippen LogP contribution in [0.2, 0.25) is 0 Å². The van der Waals surface area contributed by atoms with Gasteiger partial charge in [-0.05, 0) is 30.3 Å². The molecule has 0 aliphatic carbocycles. The highest BCUT2D eigenvalue weighted by Gasteiger charge is 2.43. The van der Waals surface area contributed by atoms with Crippen molar-refractivity contribution in [1.29, 1.82) is 0 Å². The number of aromatic nitrogens is 4. The monoisotopic (exact) mass is 553 g/mol. The van der Waals surface area contributed by atoms with E-state index < -0.39 is 11.7 Å². The van der Waals surface area contributed by atoms with Crippen molar-refractivity contribution < 1.29 is 28.1 Å². The Kier molecular flexibility index (Phi) is 7.71. The standard InChI is InChI=1S/C27H32FN7O5/c1-27(21-14-34(17-36)8-13-38-21)15-39-25(40-16-27)24-31-22(18-2-4-19(28)5-3-18)23(32-24)20-6-7-29-26(30-20)33-35-9-11-37-12-10-35/h2-7,17,21,25H,8-16H2,1H3,(H,31,32)(H,29,30,33). The third-order valence-corrected chi connectivity index (χ3v) is 7.40. The Morgan fingerprint density at radius 2 is 1.82 bits per heavy atom. The number of rotatable bonds is 7. The fourth-order valence-corrected chi connectivity index (χ4v) is 5.03. The summed E-state index contributed by atoms with van der Waals surface area (Å²) in [5.74, 6) is 0.576. The number of ether oxygens (including phenoxy) is 4. The van der Waals surface area contributed by atoms with Gasteiger partial charge in [0, 0.05) is 43.4 Å². The van der Waals surface area contributed by atoms with Crippen molar-refractivity contribution in [3.05, 3.63) is 48.2 Å². The number of carbonyl (C=O) groups is 1. The molecule has 0 saturated carbocycles. The van der Waals surface area contributed by atoms with Crippen LogP contribution in [-0.4, -0.2) is 102 Å². The second-order valence-corrected chi connectivity index (χ2v) is 10.4. The Hall–Kier alpha value is -3.49. The quantitative estimate of drug-likeness (QED) is 0.421. The Balaban J connectivity index is 1.25. The molecule has 3 aliphatic rings. The molecular formula is C27H32FN7O5. The summed E-state index contributed by atoms with van der Waals surface area (Å²) >= 11 is 0. The number of benzene rings is 1. The third kappa shape index (κ3) is 5.69. The molecule has 2 aromatic heterocycles.